The molecule has 0 radical (unpaired) electrons. The lowest BCUT2D eigenvalue weighted by molar-refractivity contribution is -0.390. The summed E-state index contributed by atoms with van der Waals surface area (Å²) in [6.45, 7) is 1.93. The maximum atomic E-state index is 13.4. The van der Waals surface area contributed by atoms with E-state index < -0.39 is 16.4 Å². The fourth-order valence-corrected chi connectivity index (χ4v) is 2.62. The second kappa shape index (κ2) is 5.18. The Morgan fingerprint density at radius 1 is 1.22 bits per heavy atom. The Balaban J connectivity index is 2.40. The van der Waals surface area contributed by atoms with Crippen molar-refractivity contribution >= 4 is 17.4 Å². The van der Waals surface area contributed by atoms with Gasteiger partial charge in [0.2, 0.25) is 5.82 Å². The van der Waals surface area contributed by atoms with Crippen molar-refractivity contribution in [1.82, 2.24) is 0 Å². The first-order valence-electron chi connectivity index (χ1n) is 5.25. The average molecular weight is 263 g/mol. The molecule has 5 heteroatoms. The smallest absolute Gasteiger partial charge is 0.258 e. The minimum atomic E-state index is -0.808. The summed E-state index contributed by atoms with van der Waals surface area (Å²) < 4.78 is 13.4. The maximum Gasteiger partial charge on any atom is 0.318 e. The number of halogens is 1. The molecule has 0 aliphatic rings. The Bertz CT molecular complexity index is 601. The maximum absolute atomic E-state index is 13.4. The largest absolute Gasteiger partial charge is 0.318 e. The van der Waals surface area contributed by atoms with Crippen LogP contribution in [0.15, 0.2) is 52.3 Å². The number of para-hydroxylation sites is 1. The van der Waals surface area contributed by atoms with Crippen LogP contribution in [0.2, 0.25) is 0 Å². The molecule has 0 saturated heterocycles. The van der Waals surface area contributed by atoms with Gasteiger partial charge in [0.25, 0.3) is 0 Å². The van der Waals surface area contributed by atoms with Gasteiger partial charge in [0.15, 0.2) is 0 Å². The first kappa shape index (κ1) is 12.6. The summed E-state index contributed by atoms with van der Waals surface area (Å²) in [6, 6.07) is 11.7. The molecule has 0 aliphatic heterocycles. The van der Waals surface area contributed by atoms with Gasteiger partial charge in [-0.25, -0.2) is 0 Å². The molecule has 3 nitrogen and oxygen atoms in total. The summed E-state index contributed by atoms with van der Waals surface area (Å²) in [4.78, 5) is 11.3. The molecule has 0 atom stereocenters. The second-order valence-electron chi connectivity index (χ2n) is 3.76. The Morgan fingerprint density at radius 2 is 1.94 bits per heavy atom. The quantitative estimate of drug-likeness (QED) is 0.616. The van der Waals surface area contributed by atoms with Crippen LogP contribution in [0.3, 0.4) is 0 Å². The lowest BCUT2D eigenvalue weighted by Gasteiger charge is -2.04. The molecule has 18 heavy (non-hydrogen) atoms. The predicted octanol–water partition coefficient (Wildman–Crippen LogP) is 4.19. The summed E-state index contributed by atoms with van der Waals surface area (Å²) in [5.41, 5.74) is 0.586. The monoisotopic (exact) mass is 263 g/mol. The molecule has 0 fully saturated rings. The van der Waals surface area contributed by atoms with Crippen molar-refractivity contribution in [3.05, 3.63) is 64.0 Å². The number of nitro benzene ring substituents is 1. The minimum Gasteiger partial charge on any atom is -0.258 e. The van der Waals surface area contributed by atoms with Crippen molar-refractivity contribution in [2.45, 2.75) is 16.7 Å². The van der Waals surface area contributed by atoms with Crippen molar-refractivity contribution in [2.24, 2.45) is 0 Å². The summed E-state index contributed by atoms with van der Waals surface area (Å²) in [7, 11) is 0. The van der Waals surface area contributed by atoms with E-state index in [1.54, 1.807) is 6.07 Å². The van der Waals surface area contributed by atoms with E-state index in [1.807, 2.05) is 31.2 Å². The van der Waals surface area contributed by atoms with E-state index in [2.05, 4.69) is 0 Å². The fourth-order valence-electron chi connectivity index (χ4n) is 1.56. The third-order valence-corrected chi connectivity index (χ3v) is 3.39. The topological polar surface area (TPSA) is 43.1 Å². The van der Waals surface area contributed by atoms with Crippen LogP contribution < -0.4 is 0 Å². The Morgan fingerprint density at radius 3 is 2.61 bits per heavy atom. The summed E-state index contributed by atoms with van der Waals surface area (Å²) in [5, 5.41) is 10.9. The zero-order chi connectivity index (χ0) is 13.1. The van der Waals surface area contributed by atoms with E-state index in [9.17, 15) is 14.5 Å². The van der Waals surface area contributed by atoms with Crippen molar-refractivity contribution < 1.29 is 9.31 Å². The first-order valence-corrected chi connectivity index (χ1v) is 6.07. The van der Waals surface area contributed by atoms with Gasteiger partial charge >= 0.3 is 5.69 Å². The molecule has 0 unspecified atom stereocenters. The van der Waals surface area contributed by atoms with Gasteiger partial charge in [0, 0.05) is 4.90 Å². The standard InChI is InChI=1S/C13H10FNO2S/c1-9-4-2-5-10(8-9)18-12-7-3-6-11(14)13(12)15(16)17/h2-8H,1H3. The van der Waals surface area contributed by atoms with Crippen LogP contribution in [-0.4, -0.2) is 4.92 Å². The van der Waals surface area contributed by atoms with Crippen LogP contribution in [-0.2, 0) is 0 Å². The molecule has 0 N–H and O–H groups in total. The second-order valence-corrected chi connectivity index (χ2v) is 4.88. The lowest BCUT2D eigenvalue weighted by Crippen LogP contribution is -1.94. The third-order valence-electron chi connectivity index (χ3n) is 2.35. The van der Waals surface area contributed by atoms with E-state index in [0.29, 0.717) is 4.90 Å². The van der Waals surface area contributed by atoms with Gasteiger partial charge in [-0.1, -0.05) is 35.5 Å². The molecule has 2 aromatic carbocycles. The van der Waals surface area contributed by atoms with E-state index in [4.69, 9.17) is 0 Å². The SMILES string of the molecule is Cc1cccc(Sc2cccc(F)c2[N+](=O)[O-])c1. The lowest BCUT2D eigenvalue weighted by atomic mass is 10.2. The van der Waals surface area contributed by atoms with Crippen molar-refractivity contribution in [3.63, 3.8) is 0 Å². The zero-order valence-electron chi connectivity index (χ0n) is 9.59. The highest BCUT2D eigenvalue weighted by atomic mass is 32.2. The predicted molar refractivity (Wildman–Crippen MR) is 68.4 cm³/mol. The summed E-state index contributed by atoms with van der Waals surface area (Å²) >= 11 is 1.19. The molecular formula is C13H10FNO2S. The highest BCUT2D eigenvalue weighted by Crippen LogP contribution is 2.36. The number of rotatable bonds is 3. The van der Waals surface area contributed by atoms with Crippen LogP contribution in [0.5, 0.6) is 0 Å². The average Bonchev–Trinajstić information content (AvgIpc) is 2.28. The van der Waals surface area contributed by atoms with Crippen molar-refractivity contribution in [3.8, 4) is 0 Å². The highest BCUT2D eigenvalue weighted by molar-refractivity contribution is 7.99. The molecule has 92 valence electrons. The van der Waals surface area contributed by atoms with Crippen LogP contribution in [0.4, 0.5) is 10.1 Å². The van der Waals surface area contributed by atoms with Gasteiger partial charge in [-0.15, -0.1) is 0 Å². The third kappa shape index (κ3) is 2.68. The number of nitro groups is 1. The molecule has 2 rings (SSSR count). The van der Waals surface area contributed by atoms with Gasteiger partial charge in [0.05, 0.1) is 9.82 Å². The fraction of sp³-hybridized carbons (Fsp3) is 0.0769. The molecule has 0 saturated carbocycles. The van der Waals surface area contributed by atoms with Gasteiger partial charge < -0.3 is 0 Å². The molecule has 0 bridgehead atoms. The highest BCUT2D eigenvalue weighted by Gasteiger charge is 2.20. The Hall–Kier alpha value is -1.88. The molecule has 2 aromatic rings. The molecule has 0 aliphatic carbocycles. The van der Waals surface area contributed by atoms with Crippen molar-refractivity contribution in [2.75, 3.05) is 0 Å². The summed E-state index contributed by atoms with van der Waals surface area (Å²) in [5.74, 6) is -0.808. The number of hydrogen-bond donors (Lipinski definition) is 0. The van der Waals surface area contributed by atoms with Crippen LogP contribution >= 0.6 is 11.8 Å². The van der Waals surface area contributed by atoms with E-state index in [-0.39, 0.29) is 0 Å². The van der Waals surface area contributed by atoms with Crippen LogP contribution in [0.1, 0.15) is 5.56 Å². The first-order chi connectivity index (χ1) is 8.58. The Labute approximate surface area is 108 Å². The van der Waals surface area contributed by atoms with Gasteiger partial charge in [-0.3, -0.25) is 10.1 Å². The minimum absolute atomic E-state index is 0.311. The van der Waals surface area contributed by atoms with Crippen LogP contribution in [0, 0.1) is 22.9 Å². The summed E-state index contributed by atoms with van der Waals surface area (Å²) in [6.07, 6.45) is 0. The molecule has 0 aromatic heterocycles. The molecule has 0 heterocycles. The molecule has 0 spiro atoms. The van der Waals surface area contributed by atoms with Gasteiger partial charge in [0.1, 0.15) is 0 Å². The van der Waals surface area contributed by atoms with Crippen LogP contribution in [0.25, 0.3) is 0 Å². The number of hydrogen-bond acceptors (Lipinski definition) is 3. The molecular weight excluding hydrogens is 253 g/mol. The normalized spacial score (nSPS) is 10.3. The van der Waals surface area contributed by atoms with Gasteiger partial charge in [-0.2, -0.15) is 4.39 Å². The van der Waals surface area contributed by atoms with E-state index in [0.717, 1.165) is 16.5 Å². The van der Waals surface area contributed by atoms with E-state index >= 15 is 0 Å². The number of benzene rings is 2. The number of aryl methyl sites for hydroxylation is 1. The van der Waals surface area contributed by atoms with Gasteiger partial charge in [-0.05, 0) is 31.2 Å². The molecule has 0 amide bonds. The number of nitrogens with zero attached hydrogens (tertiary/aromatic N) is 1. The van der Waals surface area contributed by atoms with E-state index in [1.165, 1.54) is 17.8 Å². The Kier molecular flexibility index (Phi) is 3.62. The zero-order valence-corrected chi connectivity index (χ0v) is 10.4. The van der Waals surface area contributed by atoms with Crippen molar-refractivity contribution in [1.29, 1.82) is 0 Å².